The maximum Gasteiger partial charge on any atom is 0.217 e. The summed E-state index contributed by atoms with van der Waals surface area (Å²) >= 11 is 0. The molecule has 2 fully saturated rings. The van der Waals surface area contributed by atoms with Crippen LogP contribution in [0.2, 0.25) is 0 Å². The molecular formula is C24H29NO2. The first kappa shape index (κ1) is 18.2. The molecule has 1 aliphatic heterocycles. The van der Waals surface area contributed by atoms with E-state index in [1.807, 2.05) is 0 Å². The second kappa shape index (κ2) is 8.26. The standard InChI is InChI=1S/C24H29NO2/c1-17(26)25-21-16-23(27-22-15-9-8-14-20(21)22)24(18-10-4-2-5-11-18)19-12-6-3-7-13-19/h2-7,10-13,20-24H,8-9,14-16H2,1H3,(H,25,26)/t20-,21+,22+,23+/m0/s1. The van der Waals surface area contributed by atoms with Gasteiger partial charge in [0.15, 0.2) is 0 Å². The van der Waals surface area contributed by atoms with Gasteiger partial charge in [-0.15, -0.1) is 0 Å². The van der Waals surface area contributed by atoms with Gasteiger partial charge in [0, 0.05) is 24.8 Å². The molecule has 0 spiro atoms. The minimum atomic E-state index is 0.0703. The quantitative estimate of drug-likeness (QED) is 0.857. The van der Waals surface area contributed by atoms with E-state index in [9.17, 15) is 4.79 Å². The number of rotatable bonds is 4. The Morgan fingerprint density at radius 3 is 2.15 bits per heavy atom. The SMILES string of the molecule is CC(=O)N[C@@H]1C[C@H](C(c2ccccc2)c2ccccc2)O[C@@H]2CCCC[C@@H]12. The van der Waals surface area contributed by atoms with E-state index in [0.717, 1.165) is 19.3 Å². The average molecular weight is 364 g/mol. The molecule has 0 unspecified atom stereocenters. The Balaban J connectivity index is 1.67. The molecule has 3 nitrogen and oxygen atoms in total. The molecule has 2 aromatic rings. The van der Waals surface area contributed by atoms with Crippen molar-refractivity contribution in [3.63, 3.8) is 0 Å². The van der Waals surface area contributed by atoms with Crippen molar-refractivity contribution in [3.05, 3.63) is 71.8 Å². The number of nitrogens with one attached hydrogen (secondary N) is 1. The molecule has 1 N–H and O–H groups in total. The molecule has 0 radical (unpaired) electrons. The van der Waals surface area contributed by atoms with Crippen molar-refractivity contribution < 1.29 is 9.53 Å². The van der Waals surface area contributed by atoms with Crippen molar-refractivity contribution in [2.24, 2.45) is 5.92 Å². The van der Waals surface area contributed by atoms with Crippen LogP contribution in [0.3, 0.4) is 0 Å². The third-order valence-corrected chi connectivity index (χ3v) is 6.18. The predicted octanol–water partition coefficient (Wildman–Crippen LogP) is 4.67. The summed E-state index contributed by atoms with van der Waals surface area (Å²) in [5, 5.41) is 3.25. The van der Waals surface area contributed by atoms with Crippen LogP contribution in [0.4, 0.5) is 0 Å². The molecule has 4 rings (SSSR count). The van der Waals surface area contributed by atoms with Crippen molar-refractivity contribution in [3.8, 4) is 0 Å². The largest absolute Gasteiger partial charge is 0.374 e. The van der Waals surface area contributed by atoms with Gasteiger partial charge in [0.25, 0.3) is 0 Å². The van der Waals surface area contributed by atoms with Gasteiger partial charge in [0.05, 0.1) is 12.2 Å². The lowest BCUT2D eigenvalue weighted by Gasteiger charge is -2.47. The van der Waals surface area contributed by atoms with Crippen LogP contribution in [-0.4, -0.2) is 24.2 Å². The van der Waals surface area contributed by atoms with Crippen molar-refractivity contribution >= 4 is 5.91 Å². The number of ether oxygens (including phenoxy) is 1. The zero-order chi connectivity index (χ0) is 18.6. The summed E-state index contributed by atoms with van der Waals surface area (Å²) < 4.78 is 6.72. The van der Waals surface area contributed by atoms with Crippen molar-refractivity contribution in [1.29, 1.82) is 0 Å². The minimum absolute atomic E-state index is 0.0703. The lowest BCUT2D eigenvalue weighted by molar-refractivity contribution is -0.132. The normalized spacial score (nSPS) is 27.8. The molecule has 2 aromatic carbocycles. The number of amides is 1. The van der Waals surface area contributed by atoms with Crippen LogP contribution in [0.1, 0.15) is 56.1 Å². The van der Waals surface area contributed by atoms with Gasteiger partial charge in [-0.3, -0.25) is 4.79 Å². The van der Waals surface area contributed by atoms with Crippen LogP contribution >= 0.6 is 0 Å². The molecule has 27 heavy (non-hydrogen) atoms. The minimum Gasteiger partial charge on any atom is -0.374 e. The molecule has 4 atom stereocenters. The number of hydrogen-bond acceptors (Lipinski definition) is 2. The van der Waals surface area contributed by atoms with Gasteiger partial charge in [0.1, 0.15) is 0 Å². The highest BCUT2D eigenvalue weighted by Gasteiger charge is 2.43. The number of carbonyl (C=O) groups is 1. The van der Waals surface area contributed by atoms with E-state index in [1.165, 1.54) is 24.0 Å². The highest BCUT2D eigenvalue weighted by molar-refractivity contribution is 5.73. The zero-order valence-corrected chi connectivity index (χ0v) is 16.0. The summed E-state index contributed by atoms with van der Waals surface area (Å²) in [5.41, 5.74) is 2.56. The summed E-state index contributed by atoms with van der Waals surface area (Å²) in [6.45, 7) is 1.63. The molecule has 0 aromatic heterocycles. The zero-order valence-electron chi connectivity index (χ0n) is 16.0. The van der Waals surface area contributed by atoms with Crippen LogP contribution in [0, 0.1) is 5.92 Å². The molecule has 142 valence electrons. The van der Waals surface area contributed by atoms with Crippen molar-refractivity contribution in [2.45, 2.75) is 63.2 Å². The van der Waals surface area contributed by atoms with E-state index in [2.05, 4.69) is 66.0 Å². The first-order valence-electron chi connectivity index (χ1n) is 10.2. The van der Waals surface area contributed by atoms with E-state index in [4.69, 9.17) is 4.74 Å². The monoisotopic (exact) mass is 363 g/mol. The van der Waals surface area contributed by atoms with Gasteiger partial charge in [-0.05, 0) is 30.4 Å². The Morgan fingerprint density at radius 2 is 1.56 bits per heavy atom. The summed E-state index contributed by atoms with van der Waals surface area (Å²) in [5.74, 6) is 0.707. The first-order chi connectivity index (χ1) is 13.2. The van der Waals surface area contributed by atoms with Gasteiger partial charge >= 0.3 is 0 Å². The topological polar surface area (TPSA) is 38.3 Å². The molecule has 2 aliphatic rings. The third kappa shape index (κ3) is 4.08. The molecule has 1 amide bonds. The molecule has 3 heteroatoms. The van der Waals surface area contributed by atoms with Gasteiger partial charge in [-0.25, -0.2) is 0 Å². The second-order valence-corrected chi connectivity index (χ2v) is 8.00. The number of carbonyl (C=O) groups excluding carboxylic acids is 1. The molecule has 1 aliphatic carbocycles. The highest BCUT2D eigenvalue weighted by Crippen LogP contribution is 2.42. The van der Waals surface area contributed by atoms with Gasteiger partial charge in [-0.1, -0.05) is 73.5 Å². The molecule has 1 saturated carbocycles. The Kier molecular flexibility index (Phi) is 5.58. The van der Waals surface area contributed by atoms with Crippen molar-refractivity contribution in [1.82, 2.24) is 5.32 Å². The smallest absolute Gasteiger partial charge is 0.217 e. The fourth-order valence-electron chi connectivity index (χ4n) is 5.04. The number of hydrogen-bond donors (Lipinski definition) is 1. The predicted molar refractivity (Wildman–Crippen MR) is 108 cm³/mol. The number of fused-ring (bicyclic) bond motifs is 1. The lowest BCUT2D eigenvalue weighted by Crippen LogP contribution is -2.54. The van der Waals surface area contributed by atoms with Crippen LogP contribution in [-0.2, 0) is 9.53 Å². The molecule has 1 heterocycles. The first-order valence-corrected chi connectivity index (χ1v) is 10.2. The van der Waals surface area contributed by atoms with E-state index in [-0.39, 0.29) is 30.1 Å². The summed E-state index contributed by atoms with van der Waals surface area (Å²) in [6, 6.07) is 21.5. The Morgan fingerprint density at radius 1 is 0.963 bits per heavy atom. The molecule has 0 bridgehead atoms. The van der Waals surface area contributed by atoms with E-state index >= 15 is 0 Å². The second-order valence-electron chi connectivity index (χ2n) is 8.00. The fourth-order valence-corrected chi connectivity index (χ4v) is 5.04. The Hall–Kier alpha value is -2.13. The van der Waals surface area contributed by atoms with E-state index in [0.29, 0.717) is 5.92 Å². The maximum atomic E-state index is 11.9. The maximum absolute atomic E-state index is 11.9. The third-order valence-electron chi connectivity index (χ3n) is 6.18. The fraction of sp³-hybridized carbons (Fsp3) is 0.458. The Labute approximate surface area is 162 Å². The highest BCUT2D eigenvalue weighted by atomic mass is 16.5. The van der Waals surface area contributed by atoms with E-state index < -0.39 is 0 Å². The summed E-state index contributed by atoms with van der Waals surface area (Å²) in [7, 11) is 0. The van der Waals surface area contributed by atoms with Crippen LogP contribution in [0.5, 0.6) is 0 Å². The summed E-state index contributed by atoms with van der Waals surface area (Å²) in [6.07, 6.45) is 5.93. The molecular weight excluding hydrogens is 334 g/mol. The lowest BCUT2D eigenvalue weighted by atomic mass is 9.74. The van der Waals surface area contributed by atoms with Crippen LogP contribution < -0.4 is 5.32 Å². The van der Waals surface area contributed by atoms with E-state index in [1.54, 1.807) is 6.92 Å². The van der Waals surface area contributed by atoms with Gasteiger partial charge < -0.3 is 10.1 Å². The van der Waals surface area contributed by atoms with Crippen LogP contribution in [0.25, 0.3) is 0 Å². The summed E-state index contributed by atoms with van der Waals surface area (Å²) in [4.78, 5) is 11.9. The van der Waals surface area contributed by atoms with Gasteiger partial charge in [0.2, 0.25) is 5.91 Å². The number of benzene rings is 2. The van der Waals surface area contributed by atoms with Crippen LogP contribution in [0.15, 0.2) is 60.7 Å². The average Bonchev–Trinajstić information content (AvgIpc) is 2.69. The molecule has 1 saturated heterocycles. The van der Waals surface area contributed by atoms with Crippen molar-refractivity contribution in [2.75, 3.05) is 0 Å². The van der Waals surface area contributed by atoms with Gasteiger partial charge in [-0.2, -0.15) is 0 Å². The Bertz CT molecular complexity index is 706.